The number of benzene rings is 2. The first-order valence-electron chi connectivity index (χ1n) is 7.90. The molecule has 5 nitrogen and oxygen atoms in total. The number of thiophene rings is 1. The van der Waals surface area contributed by atoms with E-state index in [1.54, 1.807) is 0 Å². The third-order valence-corrected chi connectivity index (χ3v) is 6.38. The Morgan fingerprint density at radius 2 is 2.04 bits per heavy atom. The molecule has 0 atom stereocenters. The number of carbonyl (C=O) groups excluding carboxylic acids is 1. The van der Waals surface area contributed by atoms with Gasteiger partial charge < -0.3 is 9.73 Å². The van der Waals surface area contributed by atoms with Gasteiger partial charge in [0.25, 0.3) is 11.1 Å². The summed E-state index contributed by atoms with van der Waals surface area (Å²) < 4.78 is 20.4. The van der Waals surface area contributed by atoms with Crippen LogP contribution in [0.5, 0.6) is 0 Å². The molecular formula is C18H10Cl2FN3O2S2. The van der Waals surface area contributed by atoms with Crippen LogP contribution in [0.25, 0.3) is 20.9 Å². The molecule has 1 amide bonds. The SMILES string of the molecule is O=C(CSc1nnc(-c2sc3ccccc3c2Cl)o1)Nc1ccc(Cl)cc1F. The largest absolute Gasteiger partial charge is 0.410 e. The minimum Gasteiger partial charge on any atom is -0.410 e. The predicted molar refractivity (Wildman–Crippen MR) is 111 cm³/mol. The number of amides is 1. The molecule has 0 fully saturated rings. The normalized spacial score (nSPS) is 11.1. The van der Waals surface area contributed by atoms with Crippen LogP contribution in [-0.4, -0.2) is 21.9 Å². The molecule has 2 aromatic carbocycles. The highest BCUT2D eigenvalue weighted by molar-refractivity contribution is 7.99. The predicted octanol–water partition coefficient (Wildman–Crippen LogP) is 6.13. The van der Waals surface area contributed by atoms with Crippen LogP contribution in [0.1, 0.15) is 0 Å². The van der Waals surface area contributed by atoms with Crippen LogP contribution in [0, 0.1) is 5.82 Å². The van der Waals surface area contributed by atoms with Crippen molar-refractivity contribution in [1.82, 2.24) is 10.2 Å². The van der Waals surface area contributed by atoms with Crippen LogP contribution in [0.4, 0.5) is 10.1 Å². The Kier molecular flexibility index (Phi) is 5.54. The van der Waals surface area contributed by atoms with Crippen molar-refractivity contribution in [2.45, 2.75) is 5.22 Å². The zero-order chi connectivity index (χ0) is 19.7. The number of nitrogens with zero attached hydrogens (tertiary/aromatic N) is 2. The lowest BCUT2D eigenvalue weighted by Gasteiger charge is -2.05. The van der Waals surface area contributed by atoms with Crippen molar-refractivity contribution < 1.29 is 13.6 Å². The third kappa shape index (κ3) is 4.00. The maximum atomic E-state index is 13.7. The Morgan fingerprint density at radius 1 is 1.21 bits per heavy atom. The quantitative estimate of drug-likeness (QED) is 0.368. The summed E-state index contributed by atoms with van der Waals surface area (Å²) in [4.78, 5) is 12.7. The van der Waals surface area contributed by atoms with Crippen molar-refractivity contribution in [1.29, 1.82) is 0 Å². The molecule has 1 N–H and O–H groups in total. The first-order chi connectivity index (χ1) is 13.5. The molecular weight excluding hydrogens is 444 g/mol. The van der Waals surface area contributed by atoms with Gasteiger partial charge in [-0.25, -0.2) is 4.39 Å². The van der Waals surface area contributed by atoms with Gasteiger partial charge in [0.05, 0.1) is 16.5 Å². The number of rotatable bonds is 5. The summed E-state index contributed by atoms with van der Waals surface area (Å²) in [5, 5.41) is 12.4. The summed E-state index contributed by atoms with van der Waals surface area (Å²) in [6, 6.07) is 11.7. The molecule has 28 heavy (non-hydrogen) atoms. The van der Waals surface area contributed by atoms with Gasteiger partial charge in [-0.1, -0.05) is 53.2 Å². The number of carbonyl (C=O) groups is 1. The second kappa shape index (κ2) is 8.08. The Balaban J connectivity index is 1.43. The molecule has 0 radical (unpaired) electrons. The van der Waals surface area contributed by atoms with E-state index in [0.717, 1.165) is 27.9 Å². The molecule has 0 unspecified atom stereocenters. The highest BCUT2D eigenvalue weighted by atomic mass is 35.5. The van der Waals surface area contributed by atoms with Crippen molar-refractivity contribution in [3.63, 3.8) is 0 Å². The third-order valence-electron chi connectivity index (χ3n) is 3.67. The van der Waals surface area contributed by atoms with Gasteiger partial charge in [-0.3, -0.25) is 4.79 Å². The minimum atomic E-state index is -0.606. The molecule has 0 aliphatic heterocycles. The van der Waals surface area contributed by atoms with Gasteiger partial charge in [0.1, 0.15) is 10.7 Å². The van der Waals surface area contributed by atoms with E-state index in [2.05, 4.69) is 15.5 Å². The Morgan fingerprint density at radius 3 is 2.82 bits per heavy atom. The molecule has 0 saturated heterocycles. The topological polar surface area (TPSA) is 68.0 Å². The fraction of sp³-hybridized carbons (Fsp3) is 0.0556. The number of fused-ring (bicyclic) bond motifs is 1. The molecule has 142 valence electrons. The van der Waals surface area contributed by atoms with Crippen LogP contribution in [0.2, 0.25) is 10.0 Å². The number of halogens is 3. The van der Waals surface area contributed by atoms with Crippen molar-refractivity contribution in [3.8, 4) is 10.8 Å². The molecule has 2 heterocycles. The smallest absolute Gasteiger partial charge is 0.277 e. The lowest BCUT2D eigenvalue weighted by molar-refractivity contribution is -0.113. The first kappa shape index (κ1) is 19.2. The average Bonchev–Trinajstić information content (AvgIpc) is 3.27. The summed E-state index contributed by atoms with van der Waals surface area (Å²) >= 11 is 14.6. The average molecular weight is 454 g/mol. The van der Waals surface area contributed by atoms with E-state index < -0.39 is 11.7 Å². The van der Waals surface area contributed by atoms with E-state index in [-0.39, 0.29) is 27.6 Å². The van der Waals surface area contributed by atoms with Gasteiger partial charge in [0, 0.05) is 15.1 Å². The van der Waals surface area contributed by atoms with Crippen LogP contribution in [0.3, 0.4) is 0 Å². The maximum absolute atomic E-state index is 13.7. The van der Waals surface area contributed by atoms with Gasteiger partial charge in [0.15, 0.2) is 0 Å². The van der Waals surface area contributed by atoms with Crippen molar-refractivity contribution >= 4 is 68.0 Å². The van der Waals surface area contributed by atoms with Gasteiger partial charge in [-0.15, -0.1) is 21.5 Å². The Labute approximate surface area is 176 Å². The maximum Gasteiger partial charge on any atom is 0.277 e. The zero-order valence-corrected chi connectivity index (χ0v) is 17.1. The first-order valence-corrected chi connectivity index (χ1v) is 10.5. The van der Waals surface area contributed by atoms with E-state index in [1.807, 2.05) is 24.3 Å². The summed E-state index contributed by atoms with van der Waals surface area (Å²) in [6.45, 7) is 0. The Hall–Kier alpha value is -2.13. The number of anilines is 1. The molecule has 0 spiro atoms. The Bertz CT molecular complexity index is 1180. The van der Waals surface area contributed by atoms with Gasteiger partial charge >= 0.3 is 0 Å². The van der Waals surface area contributed by atoms with Gasteiger partial charge in [-0.05, 0) is 24.3 Å². The summed E-state index contributed by atoms with van der Waals surface area (Å²) in [5.74, 6) is -0.752. The second-order valence-electron chi connectivity index (χ2n) is 5.58. The van der Waals surface area contributed by atoms with Crippen LogP contribution >= 0.6 is 46.3 Å². The van der Waals surface area contributed by atoms with Crippen molar-refractivity contribution in [2.75, 3.05) is 11.1 Å². The van der Waals surface area contributed by atoms with Crippen LogP contribution < -0.4 is 5.32 Å². The van der Waals surface area contributed by atoms with Crippen molar-refractivity contribution in [2.24, 2.45) is 0 Å². The molecule has 0 saturated carbocycles. The molecule has 2 aromatic heterocycles. The van der Waals surface area contributed by atoms with E-state index >= 15 is 0 Å². The van der Waals surface area contributed by atoms with E-state index in [4.69, 9.17) is 27.6 Å². The van der Waals surface area contributed by atoms with E-state index in [0.29, 0.717) is 9.90 Å². The zero-order valence-electron chi connectivity index (χ0n) is 13.9. The highest BCUT2D eigenvalue weighted by Gasteiger charge is 2.18. The van der Waals surface area contributed by atoms with E-state index in [1.165, 1.54) is 23.5 Å². The summed E-state index contributed by atoms with van der Waals surface area (Å²) in [5.41, 5.74) is 0.0540. The van der Waals surface area contributed by atoms with Gasteiger partial charge in [-0.2, -0.15) is 0 Å². The molecule has 0 bridgehead atoms. The fourth-order valence-corrected chi connectivity index (χ4v) is 4.57. The molecule has 0 aliphatic carbocycles. The van der Waals surface area contributed by atoms with E-state index in [9.17, 15) is 9.18 Å². The van der Waals surface area contributed by atoms with Crippen LogP contribution in [-0.2, 0) is 4.79 Å². The number of thioether (sulfide) groups is 1. The molecule has 10 heteroatoms. The van der Waals surface area contributed by atoms with Crippen LogP contribution in [0.15, 0.2) is 52.1 Å². The fourth-order valence-electron chi connectivity index (χ4n) is 2.42. The second-order valence-corrected chi connectivity index (χ2v) is 8.37. The van der Waals surface area contributed by atoms with Gasteiger partial charge in [0.2, 0.25) is 5.91 Å². The summed E-state index contributed by atoms with van der Waals surface area (Å²) in [6.07, 6.45) is 0. The number of hydrogen-bond acceptors (Lipinski definition) is 6. The van der Waals surface area contributed by atoms with Crippen molar-refractivity contribution in [3.05, 3.63) is 58.3 Å². The number of aromatic nitrogens is 2. The summed E-state index contributed by atoms with van der Waals surface area (Å²) in [7, 11) is 0. The lowest BCUT2D eigenvalue weighted by Crippen LogP contribution is -2.15. The lowest BCUT2D eigenvalue weighted by atomic mass is 10.2. The highest BCUT2D eigenvalue weighted by Crippen LogP contribution is 2.41. The monoisotopic (exact) mass is 453 g/mol. The number of nitrogens with one attached hydrogen (secondary N) is 1. The standard InChI is InChI=1S/C18H10Cl2FN3O2S2/c19-9-5-6-12(11(21)7-9)22-14(25)8-27-18-24-23-17(26-18)16-15(20)10-3-1-2-4-13(10)28-16/h1-7H,8H2,(H,22,25). The molecule has 0 aliphatic rings. The molecule has 4 aromatic rings. The minimum absolute atomic E-state index is 0.0240. The number of hydrogen-bond donors (Lipinski definition) is 1. The molecule has 4 rings (SSSR count).